The molecule has 192 valence electrons. The Hall–Kier alpha value is -3.40. The molecule has 0 aromatic heterocycles. The average molecular weight is 494 g/mol. The fourth-order valence-corrected chi connectivity index (χ4v) is 4.76. The standard InChI is InChI=1S/C34H39NO2/c1-4-35(5-2)25-26-37-33-21-19-32(20-22-33)34(36,24-23-28-13-11-27(3)12-14-28)31-17-15-30(16-18-31)29-9-7-6-8-10-29/h6-22,36H,4-5,23-26H2,1-3H3. The highest BCUT2D eigenvalue weighted by Gasteiger charge is 2.31. The van der Waals surface area contributed by atoms with Gasteiger partial charge in [0.15, 0.2) is 0 Å². The van der Waals surface area contributed by atoms with Crippen LogP contribution in [-0.4, -0.2) is 36.2 Å². The number of nitrogens with zero attached hydrogens (tertiary/aromatic N) is 1. The second-order valence-electron chi connectivity index (χ2n) is 9.69. The molecule has 0 saturated carbocycles. The maximum atomic E-state index is 12.2. The maximum Gasteiger partial charge on any atom is 0.119 e. The van der Waals surface area contributed by atoms with E-state index in [9.17, 15) is 5.11 Å². The maximum absolute atomic E-state index is 12.2. The molecule has 0 bridgehead atoms. The van der Waals surface area contributed by atoms with E-state index in [-0.39, 0.29) is 0 Å². The summed E-state index contributed by atoms with van der Waals surface area (Å²) < 4.78 is 6.00. The van der Waals surface area contributed by atoms with Crippen molar-refractivity contribution >= 4 is 0 Å². The van der Waals surface area contributed by atoms with Crippen molar-refractivity contribution in [1.82, 2.24) is 4.90 Å². The first-order valence-electron chi connectivity index (χ1n) is 13.4. The Labute approximate surface area is 222 Å². The van der Waals surface area contributed by atoms with Crippen LogP contribution in [0.3, 0.4) is 0 Å². The molecule has 0 heterocycles. The molecule has 4 rings (SSSR count). The number of ether oxygens (including phenoxy) is 1. The van der Waals surface area contributed by atoms with Crippen LogP contribution in [0.5, 0.6) is 5.75 Å². The summed E-state index contributed by atoms with van der Waals surface area (Å²) in [5.74, 6) is 0.830. The van der Waals surface area contributed by atoms with Gasteiger partial charge in [0.05, 0.1) is 0 Å². The van der Waals surface area contributed by atoms with Crippen LogP contribution in [0, 0.1) is 6.92 Å². The van der Waals surface area contributed by atoms with Crippen LogP contribution in [0.15, 0.2) is 103 Å². The summed E-state index contributed by atoms with van der Waals surface area (Å²) in [4.78, 5) is 2.34. The third-order valence-corrected chi connectivity index (χ3v) is 7.27. The molecule has 0 spiro atoms. The van der Waals surface area contributed by atoms with Crippen LogP contribution >= 0.6 is 0 Å². The quantitative estimate of drug-likeness (QED) is 0.226. The van der Waals surface area contributed by atoms with E-state index in [2.05, 4.69) is 86.3 Å². The smallest absolute Gasteiger partial charge is 0.119 e. The summed E-state index contributed by atoms with van der Waals surface area (Å²) >= 11 is 0. The number of rotatable bonds is 12. The van der Waals surface area contributed by atoms with Gasteiger partial charge in [-0.15, -0.1) is 0 Å². The van der Waals surface area contributed by atoms with E-state index in [1.807, 2.05) is 42.5 Å². The Morgan fingerprint density at radius 3 is 1.86 bits per heavy atom. The predicted octanol–water partition coefficient (Wildman–Crippen LogP) is 7.25. The summed E-state index contributed by atoms with van der Waals surface area (Å²) in [6, 6.07) is 35.2. The van der Waals surface area contributed by atoms with Gasteiger partial charge in [-0.05, 0) is 72.8 Å². The molecule has 1 unspecified atom stereocenters. The minimum atomic E-state index is -1.11. The summed E-state index contributed by atoms with van der Waals surface area (Å²) in [7, 11) is 0. The molecule has 1 N–H and O–H groups in total. The third kappa shape index (κ3) is 6.88. The topological polar surface area (TPSA) is 32.7 Å². The predicted molar refractivity (Wildman–Crippen MR) is 154 cm³/mol. The van der Waals surface area contributed by atoms with E-state index in [0.717, 1.165) is 48.5 Å². The number of aryl methyl sites for hydroxylation is 2. The summed E-state index contributed by atoms with van der Waals surface area (Å²) in [5, 5.41) is 12.2. The molecule has 0 saturated heterocycles. The summed E-state index contributed by atoms with van der Waals surface area (Å²) in [5.41, 5.74) is 5.44. The van der Waals surface area contributed by atoms with Crippen molar-refractivity contribution in [3.8, 4) is 16.9 Å². The molecule has 4 aromatic carbocycles. The van der Waals surface area contributed by atoms with Gasteiger partial charge in [-0.3, -0.25) is 0 Å². The Morgan fingerprint density at radius 2 is 1.27 bits per heavy atom. The molecule has 0 aliphatic rings. The zero-order valence-electron chi connectivity index (χ0n) is 22.4. The van der Waals surface area contributed by atoms with E-state index >= 15 is 0 Å². The molecule has 0 aliphatic carbocycles. The van der Waals surface area contributed by atoms with Crippen molar-refractivity contribution < 1.29 is 9.84 Å². The van der Waals surface area contributed by atoms with E-state index in [1.165, 1.54) is 16.7 Å². The molecule has 1 atom stereocenters. The number of aliphatic hydroxyl groups is 1. The minimum absolute atomic E-state index is 0.586. The second kappa shape index (κ2) is 12.7. The molecular weight excluding hydrogens is 454 g/mol. The van der Waals surface area contributed by atoms with Gasteiger partial charge in [-0.2, -0.15) is 0 Å². The highest BCUT2D eigenvalue weighted by molar-refractivity contribution is 5.64. The van der Waals surface area contributed by atoms with E-state index < -0.39 is 5.60 Å². The van der Waals surface area contributed by atoms with Crippen molar-refractivity contribution in [2.75, 3.05) is 26.2 Å². The monoisotopic (exact) mass is 493 g/mol. The van der Waals surface area contributed by atoms with Gasteiger partial charge < -0.3 is 14.7 Å². The van der Waals surface area contributed by atoms with Crippen LogP contribution in [0.1, 0.15) is 42.5 Å². The van der Waals surface area contributed by atoms with E-state index in [1.54, 1.807) is 0 Å². The van der Waals surface area contributed by atoms with Crippen LogP contribution < -0.4 is 4.74 Å². The minimum Gasteiger partial charge on any atom is -0.492 e. The van der Waals surface area contributed by atoms with Crippen molar-refractivity contribution in [1.29, 1.82) is 0 Å². The average Bonchev–Trinajstić information content (AvgIpc) is 2.96. The SMILES string of the molecule is CCN(CC)CCOc1ccc(C(O)(CCc2ccc(C)cc2)c2ccc(-c3ccccc3)cc2)cc1. The van der Waals surface area contributed by atoms with Crippen molar-refractivity contribution in [2.45, 2.75) is 39.2 Å². The van der Waals surface area contributed by atoms with Gasteiger partial charge in [-0.25, -0.2) is 0 Å². The van der Waals surface area contributed by atoms with Gasteiger partial charge in [0.1, 0.15) is 18.0 Å². The van der Waals surface area contributed by atoms with Crippen LogP contribution in [0.25, 0.3) is 11.1 Å². The Morgan fingerprint density at radius 1 is 0.703 bits per heavy atom. The molecular formula is C34H39NO2. The van der Waals surface area contributed by atoms with Crippen molar-refractivity contribution in [2.24, 2.45) is 0 Å². The van der Waals surface area contributed by atoms with Gasteiger partial charge in [-0.1, -0.05) is 110 Å². The van der Waals surface area contributed by atoms with Gasteiger partial charge >= 0.3 is 0 Å². The second-order valence-corrected chi connectivity index (χ2v) is 9.69. The zero-order valence-corrected chi connectivity index (χ0v) is 22.4. The molecule has 3 nitrogen and oxygen atoms in total. The number of hydrogen-bond acceptors (Lipinski definition) is 3. The number of hydrogen-bond donors (Lipinski definition) is 1. The third-order valence-electron chi connectivity index (χ3n) is 7.27. The van der Waals surface area contributed by atoms with E-state index in [0.29, 0.717) is 13.0 Å². The molecule has 0 radical (unpaired) electrons. The van der Waals surface area contributed by atoms with Gasteiger partial charge in [0, 0.05) is 6.54 Å². The van der Waals surface area contributed by atoms with Crippen molar-refractivity contribution in [3.05, 3.63) is 125 Å². The lowest BCUT2D eigenvalue weighted by Gasteiger charge is -2.30. The Balaban J connectivity index is 1.57. The normalized spacial score (nSPS) is 12.9. The Bertz CT molecular complexity index is 1210. The first kappa shape index (κ1) is 26.7. The molecule has 0 aliphatic heterocycles. The molecule has 4 aromatic rings. The first-order chi connectivity index (χ1) is 18.0. The lowest BCUT2D eigenvalue weighted by atomic mass is 9.81. The fourth-order valence-electron chi connectivity index (χ4n) is 4.76. The number of likely N-dealkylation sites (N-methyl/N-ethyl adjacent to an activating group) is 1. The van der Waals surface area contributed by atoms with Crippen LogP contribution in [0.2, 0.25) is 0 Å². The fraction of sp³-hybridized carbons (Fsp3) is 0.294. The zero-order chi connectivity index (χ0) is 26.1. The van der Waals surface area contributed by atoms with Gasteiger partial charge in [0.25, 0.3) is 0 Å². The summed E-state index contributed by atoms with van der Waals surface area (Å²) in [6.45, 7) is 10.0. The summed E-state index contributed by atoms with van der Waals surface area (Å²) in [6.07, 6.45) is 1.36. The largest absolute Gasteiger partial charge is 0.492 e. The molecule has 37 heavy (non-hydrogen) atoms. The van der Waals surface area contributed by atoms with E-state index in [4.69, 9.17) is 4.74 Å². The lowest BCUT2D eigenvalue weighted by Crippen LogP contribution is -2.28. The molecule has 3 heteroatoms. The van der Waals surface area contributed by atoms with Gasteiger partial charge in [0.2, 0.25) is 0 Å². The molecule has 0 fully saturated rings. The molecule has 0 amide bonds. The van der Waals surface area contributed by atoms with Crippen LogP contribution in [-0.2, 0) is 12.0 Å². The highest BCUT2D eigenvalue weighted by atomic mass is 16.5. The first-order valence-corrected chi connectivity index (χ1v) is 13.4. The highest BCUT2D eigenvalue weighted by Crippen LogP contribution is 2.36. The Kier molecular flexibility index (Phi) is 9.16. The lowest BCUT2D eigenvalue weighted by molar-refractivity contribution is 0.0712. The van der Waals surface area contributed by atoms with Crippen LogP contribution in [0.4, 0.5) is 0 Å². The number of benzene rings is 4. The van der Waals surface area contributed by atoms with Crippen molar-refractivity contribution in [3.63, 3.8) is 0 Å².